The van der Waals surface area contributed by atoms with Crippen LogP contribution >= 0.6 is 0 Å². The van der Waals surface area contributed by atoms with E-state index in [9.17, 15) is 4.79 Å². The molecule has 0 radical (unpaired) electrons. The number of aromatic nitrogens is 2. The van der Waals surface area contributed by atoms with Crippen molar-refractivity contribution in [3.63, 3.8) is 0 Å². The number of amides is 1. The Hall–Kier alpha value is -1.85. The van der Waals surface area contributed by atoms with Crippen molar-refractivity contribution in [3.05, 3.63) is 18.7 Å². The molecule has 76 valence electrons. The molecule has 0 bridgehead atoms. The molecule has 0 aliphatic heterocycles. The normalized spacial score (nSPS) is 10.6. The van der Waals surface area contributed by atoms with Crippen molar-refractivity contribution in [2.75, 3.05) is 6.54 Å². The zero-order valence-electron chi connectivity index (χ0n) is 7.63. The maximum atomic E-state index is 10.8. The van der Waals surface area contributed by atoms with E-state index in [1.807, 2.05) is 10.8 Å². The first-order valence-electron chi connectivity index (χ1n) is 4.24. The van der Waals surface area contributed by atoms with Gasteiger partial charge in [0.05, 0.1) is 6.33 Å². The number of rotatable bonds is 5. The van der Waals surface area contributed by atoms with Gasteiger partial charge in [-0.15, -0.1) is 0 Å². The van der Waals surface area contributed by atoms with Crippen molar-refractivity contribution in [2.24, 2.45) is 5.16 Å². The fraction of sp³-hybridized carbons (Fsp3) is 0.375. The molecule has 1 amide bonds. The Morgan fingerprint density at radius 3 is 3.21 bits per heavy atom. The molecule has 0 unspecified atom stereocenters. The van der Waals surface area contributed by atoms with E-state index in [-0.39, 0.29) is 0 Å². The summed E-state index contributed by atoms with van der Waals surface area (Å²) in [5, 5.41) is 13.2. The van der Waals surface area contributed by atoms with Gasteiger partial charge in [0.15, 0.2) is 0 Å². The van der Waals surface area contributed by atoms with Crippen LogP contribution in [0.1, 0.15) is 6.42 Å². The van der Waals surface area contributed by atoms with E-state index in [0.29, 0.717) is 6.54 Å². The molecule has 0 saturated carbocycles. The Bertz CT molecular complexity index is 294. The highest BCUT2D eigenvalue weighted by atomic mass is 16.4. The Labute approximate surface area is 81.2 Å². The van der Waals surface area contributed by atoms with Crippen LogP contribution in [0.15, 0.2) is 23.9 Å². The number of nitrogens with zero attached hydrogens (tertiary/aromatic N) is 3. The Balaban J connectivity index is 2.08. The van der Waals surface area contributed by atoms with E-state index in [4.69, 9.17) is 5.21 Å². The fourth-order valence-electron chi connectivity index (χ4n) is 0.990. The third kappa shape index (κ3) is 3.70. The van der Waals surface area contributed by atoms with Crippen LogP contribution < -0.4 is 5.32 Å². The summed E-state index contributed by atoms with van der Waals surface area (Å²) in [6.07, 6.45) is 6.92. The average Bonchev–Trinajstić information content (AvgIpc) is 2.65. The molecule has 0 spiro atoms. The van der Waals surface area contributed by atoms with Gasteiger partial charge in [-0.2, -0.15) is 0 Å². The molecule has 0 aliphatic carbocycles. The second-order valence-corrected chi connectivity index (χ2v) is 2.69. The van der Waals surface area contributed by atoms with Crippen LogP contribution in [0.3, 0.4) is 0 Å². The summed E-state index contributed by atoms with van der Waals surface area (Å²) >= 11 is 0. The van der Waals surface area contributed by atoms with Crippen LogP contribution in [0.25, 0.3) is 0 Å². The monoisotopic (exact) mass is 196 g/mol. The van der Waals surface area contributed by atoms with E-state index in [1.54, 1.807) is 12.5 Å². The highest BCUT2D eigenvalue weighted by molar-refractivity contribution is 6.25. The molecular formula is C8H12N4O2. The fourth-order valence-corrected chi connectivity index (χ4v) is 0.990. The predicted molar refractivity (Wildman–Crippen MR) is 50.1 cm³/mol. The third-order valence-corrected chi connectivity index (χ3v) is 1.63. The standard InChI is InChI=1S/C8H12N4O2/c13-8(6-11-14)10-2-1-4-12-5-3-9-7-12/h3,5-7,14H,1-2,4H2,(H,10,13). The topological polar surface area (TPSA) is 79.5 Å². The molecule has 2 N–H and O–H groups in total. The van der Waals surface area contributed by atoms with Gasteiger partial charge in [0.1, 0.15) is 6.21 Å². The lowest BCUT2D eigenvalue weighted by atomic mass is 10.4. The van der Waals surface area contributed by atoms with Gasteiger partial charge < -0.3 is 15.1 Å². The molecular weight excluding hydrogens is 184 g/mol. The van der Waals surface area contributed by atoms with E-state index < -0.39 is 5.91 Å². The Kier molecular flexibility index (Phi) is 4.19. The zero-order valence-corrected chi connectivity index (χ0v) is 7.63. The first-order valence-corrected chi connectivity index (χ1v) is 4.24. The van der Waals surface area contributed by atoms with Crippen molar-refractivity contribution < 1.29 is 10.0 Å². The lowest BCUT2D eigenvalue weighted by molar-refractivity contribution is -0.114. The minimum Gasteiger partial charge on any atom is -0.411 e. The molecule has 0 atom stereocenters. The van der Waals surface area contributed by atoms with Crippen molar-refractivity contribution >= 4 is 12.1 Å². The summed E-state index contributed by atoms with van der Waals surface area (Å²) < 4.78 is 1.92. The summed E-state index contributed by atoms with van der Waals surface area (Å²) in [4.78, 5) is 14.7. The number of carbonyl (C=O) groups is 1. The van der Waals surface area contributed by atoms with Crippen molar-refractivity contribution in [2.45, 2.75) is 13.0 Å². The summed E-state index contributed by atoms with van der Waals surface area (Å²) in [6, 6.07) is 0. The molecule has 0 aliphatic rings. The molecule has 1 aromatic heterocycles. The Morgan fingerprint density at radius 2 is 2.57 bits per heavy atom. The van der Waals surface area contributed by atoms with Gasteiger partial charge in [-0.25, -0.2) is 4.98 Å². The maximum absolute atomic E-state index is 10.8. The van der Waals surface area contributed by atoms with Gasteiger partial charge >= 0.3 is 0 Å². The molecule has 0 aromatic carbocycles. The first kappa shape index (κ1) is 10.2. The number of nitrogens with one attached hydrogen (secondary N) is 1. The van der Waals surface area contributed by atoms with Crippen molar-refractivity contribution in [1.82, 2.24) is 14.9 Å². The van der Waals surface area contributed by atoms with E-state index >= 15 is 0 Å². The van der Waals surface area contributed by atoms with Gasteiger partial charge in [-0.05, 0) is 6.42 Å². The Morgan fingerprint density at radius 1 is 1.71 bits per heavy atom. The molecule has 6 nitrogen and oxygen atoms in total. The van der Waals surface area contributed by atoms with Gasteiger partial charge in [0.2, 0.25) is 0 Å². The van der Waals surface area contributed by atoms with Crippen LogP contribution in [0.4, 0.5) is 0 Å². The lowest BCUT2D eigenvalue weighted by Gasteiger charge is -2.02. The predicted octanol–water partition coefficient (Wildman–Crippen LogP) is -0.151. The highest BCUT2D eigenvalue weighted by Crippen LogP contribution is 1.88. The number of oxime groups is 1. The first-order chi connectivity index (χ1) is 6.83. The van der Waals surface area contributed by atoms with E-state index in [2.05, 4.69) is 15.5 Å². The largest absolute Gasteiger partial charge is 0.411 e. The van der Waals surface area contributed by atoms with Gasteiger partial charge in [-0.1, -0.05) is 5.16 Å². The van der Waals surface area contributed by atoms with Gasteiger partial charge in [0, 0.05) is 25.5 Å². The number of aryl methyl sites for hydroxylation is 1. The number of hydrogen-bond acceptors (Lipinski definition) is 4. The summed E-state index contributed by atoms with van der Waals surface area (Å²) in [7, 11) is 0. The minimum atomic E-state index is -0.391. The zero-order chi connectivity index (χ0) is 10.2. The lowest BCUT2D eigenvalue weighted by Crippen LogP contribution is -2.25. The molecule has 0 saturated heterocycles. The molecule has 0 fully saturated rings. The SMILES string of the molecule is O=C(C=NO)NCCCn1ccnc1. The van der Waals surface area contributed by atoms with Gasteiger partial charge in [0.25, 0.3) is 5.91 Å². The molecule has 1 rings (SSSR count). The second-order valence-electron chi connectivity index (χ2n) is 2.69. The van der Waals surface area contributed by atoms with E-state index in [0.717, 1.165) is 19.2 Å². The summed E-state index contributed by atoms with van der Waals surface area (Å²) in [5.41, 5.74) is 0. The van der Waals surface area contributed by atoms with E-state index in [1.165, 1.54) is 0 Å². The average molecular weight is 196 g/mol. The van der Waals surface area contributed by atoms with Crippen molar-refractivity contribution in [1.29, 1.82) is 0 Å². The van der Waals surface area contributed by atoms with Crippen LogP contribution in [0.2, 0.25) is 0 Å². The van der Waals surface area contributed by atoms with Gasteiger partial charge in [-0.3, -0.25) is 4.79 Å². The van der Waals surface area contributed by atoms with Crippen LogP contribution in [0.5, 0.6) is 0 Å². The van der Waals surface area contributed by atoms with Crippen molar-refractivity contribution in [3.8, 4) is 0 Å². The number of carbonyl (C=O) groups excluding carboxylic acids is 1. The summed E-state index contributed by atoms with van der Waals surface area (Å²) in [5.74, 6) is -0.391. The molecule has 1 aromatic rings. The number of hydrogen-bond donors (Lipinski definition) is 2. The maximum Gasteiger partial charge on any atom is 0.265 e. The minimum absolute atomic E-state index is 0.391. The smallest absolute Gasteiger partial charge is 0.265 e. The molecule has 6 heteroatoms. The quantitative estimate of drug-likeness (QED) is 0.297. The third-order valence-electron chi connectivity index (χ3n) is 1.63. The number of imidazole rings is 1. The highest BCUT2D eigenvalue weighted by Gasteiger charge is 1.95. The van der Waals surface area contributed by atoms with Crippen LogP contribution in [-0.2, 0) is 11.3 Å². The molecule has 14 heavy (non-hydrogen) atoms. The summed E-state index contributed by atoms with van der Waals surface area (Å²) in [6.45, 7) is 1.35. The molecule has 1 heterocycles. The second kappa shape index (κ2) is 5.74. The van der Waals surface area contributed by atoms with Crippen LogP contribution in [-0.4, -0.2) is 33.4 Å². The van der Waals surface area contributed by atoms with Crippen LogP contribution in [0, 0.1) is 0 Å².